The number of rotatable bonds is 4. The second kappa shape index (κ2) is 8.11. The molecule has 158 valence electrons. The van der Waals surface area contributed by atoms with Gasteiger partial charge in [-0.1, -0.05) is 53.2 Å². The van der Waals surface area contributed by atoms with Gasteiger partial charge in [0.15, 0.2) is 5.82 Å². The molecule has 1 aliphatic heterocycles. The number of aromatic amines is 1. The van der Waals surface area contributed by atoms with Crippen LogP contribution in [-0.2, 0) is 17.8 Å². The van der Waals surface area contributed by atoms with Crippen molar-refractivity contribution in [3.05, 3.63) is 63.8 Å². The van der Waals surface area contributed by atoms with Crippen molar-refractivity contribution < 1.29 is 4.79 Å². The van der Waals surface area contributed by atoms with Crippen LogP contribution in [0.25, 0.3) is 22.3 Å². The van der Waals surface area contributed by atoms with Crippen molar-refractivity contribution >= 4 is 51.8 Å². The minimum absolute atomic E-state index is 0.0370. The quantitative estimate of drug-likeness (QED) is 0.344. The van der Waals surface area contributed by atoms with Gasteiger partial charge in [0.25, 0.3) is 0 Å². The van der Waals surface area contributed by atoms with Gasteiger partial charge in [-0.05, 0) is 24.3 Å². The molecule has 3 N–H and O–H groups in total. The Morgan fingerprint density at radius 3 is 2.87 bits per heavy atom. The Morgan fingerprint density at radius 1 is 1.19 bits per heavy atom. The lowest BCUT2D eigenvalue weighted by atomic mass is 10.0. The lowest BCUT2D eigenvalue weighted by Crippen LogP contribution is -2.37. The predicted molar refractivity (Wildman–Crippen MR) is 124 cm³/mol. The van der Waals surface area contributed by atoms with Crippen molar-refractivity contribution in [2.45, 2.75) is 18.1 Å². The van der Waals surface area contributed by atoms with Crippen LogP contribution >= 0.6 is 35.0 Å². The average Bonchev–Trinajstić information content (AvgIpc) is 3.32. The molecule has 0 aliphatic carbocycles. The van der Waals surface area contributed by atoms with Crippen LogP contribution < -0.4 is 5.84 Å². The zero-order valence-electron chi connectivity index (χ0n) is 16.3. The van der Waals surface area contributed by atoms with E-state index in [2.05, 4.69) is 27.3 Å². The molecule has 0 bridgehead atoms. The van der Waals surface area contributed by atoms with E-state index >= 15 is 0 Å². The number of benzene rings is 2. The van der Waals surface area contributed by atoms with Gasteiger partial charge in [0, 0.05) is 52.3 Å². The Morgan fingerprint density at radius 2 is 2.03 bits per heavy atom. The number of fused-ring (bicyclic) bond motifs is 3. The van der Waals surface area contributed by atoms with Crippen LogP contribution in [0.2, 0.25) is 10.0 Å². The first-order chi connectivity index (χ1) is 15.0. The molecule has 0 atom stereocenters. The summed E-state index contributed by atoms with van der Waals surface area (Å²) in [6.07, 6.45) is 0.812. The maximum absolute atomic E-state index is 12.9. The molecule has 0 spiro atoms. The average molecular weight is 473 g/mol. The minimum atomic E-state index is 0.0370. The highest BCUT2D eigenvalue weighted by atomic mass is 35.5. The molecule has 0 saturated carbocycles. The van der Waals surface area contributed by atoms with Gasteiger partial charge in [-0.2, -0.15) is 0 Å². The molecule has 31 heavy (non-hydrogen) atoms. The summed E-state index contributed by atoms with van der Waals surface area (Å²) in [7, 11) is 0. The standard InChI is InChI=1S/C21H18Cl2N6OS/c22-12-5-6-14(16(23)9-12)20-26-27-21(29(20)24)31-11-19(30)28-8-7-18-15(10-28)13-3-1-2-4-17(13)25-18/h1-6,9,25H,7-8,10-11,24H2. The fourth-order valence-corrected chi connectivity index (χ4v) is 5.08. The molecular formula is C21H18Cl2N6OS. The number of nitrogen functional groups attached to an aromatic ring is 1. The van der Waals surface area contributed by atoms with Gasteiger partial charge in [0.05, 0.1) is 10.8 Å². The minimum Gasteiger partial charge on any atom is -0.358 e. The van der Waals surface area contributed by atoms with E-state index < -0.39 is 0 Å². The predicted octanol–water partition coefficient (Wildman–Crippen LogP) is 4.12. The number of hydrogen-bond donors (Lipinski definition) is 2. The number of nitrogens with zero attached hydrogens (tertiary/aromatic N) is 4. The molecule has 5 rings (SSSR count). The zero-order valence-corrected chi connectivity index (χ0v) is 18.6. The molecule has 1 aliphatic rings. The molecule has 1 amide bonds. The lowest BCUT2D eigenvalue weighted by Gasteiger charge is -2.27. The van der Waals surface area contributed by atoms with E-state index in [1.54, 1.807) is 18.2 Å². The van der Waals surface area contributed by atoms with E-state index in [1.165, 1.54) is 33.1 Å². The number of halogens is 2. The number of hydrogen-bond acceptors (Lipinski definition) is 5. The van der Waals surface area contributed by atoms with Crippen molar-refractivity contribution in [2.75, 3.05) is 18.1 Å². The summed E-state index contributed by atoms with van der Waals surface area (Å²) in [6, 6.07) is 13.3. The first-order valence-electron chi connectivity index (χ1n) is 9.66. The second-order valence-electron chi connectivity index (χ2n) is 7.28. The fourth-order valence-electron chi connectivity index (χ4n) is 3.83. The van der Waals surface area contributed by atoms with Crippen LogP contribution in [0, 0.1) is 0 Å². The van der Waals surface area contributed by atoms with Gasteiger partial charge in [0.2, 0.25) is 11.1 Å². The fraction of sp³-hybridized carbons (Fsp3) is 0.190. The number of H-pyrrole nitrogens is 1. The van der Waals surface area contributed by atoms with Crippen LogP contribution in [0.5, 0.6) is 0 Å². The summed E-state index contributed by atoms with van der Waals surface area (Å²) in [4.78, 5) is 18.2. The number of carbonyl (C=O) groups is 1. The monoisotopic (exact) mass is 472 g/mol. The topological polar surface area (TPSA) is 92.8 Å². The summed E-state index contributed by atoms with van der Waals surface area (Å²) < 4.78 is 1.35. The van der Waals surface area contributed by atoms with Gasteiger partial charge < -0.3 is 15.7 Å². The summed E-state index contributed by atoms with van der Waals surface area (Å²) in [5, 5.41) is 10.8. The molecule has 0 saturated heterocycles. The molecule has 4 aromatic rings. The number of aromatic nitrogens is 4. The molecule has 0 radical (unpaired) electrons. The van der Waals surface area contributed by atoms with Crippen molar-refractivity contribution in [3.63, 3.8) is 0 Å². The van der Waals surface area contributed by atoms with Crippen LogP contribution in [0.1, 0.15) is 11.3 Å². The van der Waals surface area contributed by atoms with E-state index in [1.807, 2.05) is 17.0 Å². The van der Waals surface area contributed by atoms with Crippen molar-refractivity contribution in [2.24, 2.45) is 0 Å². The second-order valence-corrected chi connectivity index (χ2v) is 9.07. The Labute approximate surface area is 192 Å². The highest BCUT2D eigenvalue weighted by Gasteiger charge is 2.24. The van der Waals surface area contributed by atoms with Gasteiger partial charge in [0.1, 0.15) is 0 Å². The number of para-hydroxylation sites is 1. The summed E-state index contributed by atoms with van der Waals surface area (Å²) in [5.74, 6) is 6.84. The third kappa shape index (κ3) is 3.75. The number of nitrogens with two attached hydrogens (primary N) is 1. The van der Waals surface area contributed by atoms with Crippen LogP contribution in [0.4, 0.5) is 0 Å². The Kier molecular flexibility index (Phi) is 5.29. The SMILES string of the molecule is Nn1c(SCC(=O)N2CCc3[nH]c4ccccc4c3C2)nnc1-c1ccc(Cl)cc1Cl. The van der Waals surface area contributed by atoms with E-state index in [0.717, 1.165) is 11.9 Å². The van der Waals surface area contributed by atoms with Gasteiger partial charge >= 0.3 is 0 Å². The van der Waals surface area contributed by atoms with E-state index in [4.69, 9.17) is 29.0 Å². The van der Waals surface area contributed by atoms with Gasteiger partial charge in [-0.25, -0.2) is 4.68 Å². The largest absolute Gasteiger partial charge is 0.358 e. The van der Waals surface area contributed by atoms with E-state index in [-0.39, 0.29) is 11.7 Å². The Bertz CT molecular complexity index is 1300. The van der Waals surface area contributed by atoms with Gasteiger partial charge in [-0.3, -0.25) is 4.79 Å². The first kappa shape index (κ1) is 20.2. The van der Waals surface area contributed by atoms with Crippen LogP contribution in [0.3, 0.4) is 0 Å². The van der Waals surface area contributed by atoms with Crippen molar-refractivity contribution in [1.82, 2.24) is 24.8 Å². The molecule has 0 fully saturated rings. The molecule has 2 aromatic heterocycles. The first-order valence-corrected chi connectivity index (χ1v) is 11.4. The Balaban J connectivity index is 1.29. The maximum atomic E-state index is 12.9. The zero-order chi connectivity index (χ0) is 21.5. The van der Waals surface area contributed by atoms with E-state index in [9.17, 15) is 4.79 Å². The third-order valence-electron chi connectivity index (χ3n) is 5.40. The smallest absolute Gasteiger partial charge is 0.233 e. The number of amides is 1. The molecule has 3 heterocycles. The summed E-state index contributed by atoms with van der Waals surface area (Å²) in [6.45, 7) is 1.28. The number of nitrogens with one attached hydrogen (secondary N) is 1. The number of thioether (sulfide) groups is 1. The maximum Gasteiger partial charge on any atom is 0.233 e. The summed E-state index contributed by atoms with van der Waals surface area (Å²) in [5.41, 5.74) is 4.15. The molecule has 10 heteroatoms. The molecular weight excluding hydrogens is 455 g/mol. The van der Waals surface area contributed by atoms with Crippen molar-refractivity contribution in [3.8, 4) is 11.4 Å². The number of carbonyl (C=O) groups excluding carboxylic acids is 1. The Hall–Kier alpha value is -2.68. The van der Waals surface area contributed by atoms with Crippen LogP contribution in [0.15, 0.2) is 47.6 Å². The van der Waals surface area contributed by atoms with Crippen molar-refractivity contribution in [1.29, 1.82) is 0 Å². The van der Waals surface area contributed by atoms with E-state index in [0.29, 0.717) is 39.7 Å². The normalized spacial score (nSPS) is 13.5. The van der Waals surface area contributed by atoms with Crippen LogP contribution in [-0.4, -0.2) is 43.0 Å². The summed E-state index contributed by atoms with van der Waals surface area (Å²) >= 11 is 13.5. The lowest BCUT2D eigenvalue weighted by molar-refractivity contribution is -0.129. The molecule has 2 aromatic carbocycles. The van der Waals surface area contributed by atoms with Gasteiger partial charge in [-0.15, -0.1) is 10.2 Å². The highest BCUT2D eigenvalue weighted by Crippen LogP contribution is 2.31. The highest BCUT2D eigenvalue weighted by molar-refractivity contribution is 7.99. The molecule has 0 unspecified atom stereocenters. The molecule has 7 nitrogen and oxygen atoms in total. The third-order valence-corrected chi connectivity index (χ3v) is 6.87.